The van der Waals surface area contributed by atoms with E-state index in [1.165, 1.54) is 19.3 Å². The van der Waals surface area contributed by atoms with Crippen molar-refractivity contribution >= 4 is 5.91 Å². The van der Waals surface area contributed by atoms with Crippen LogP contribution in [0.15, 0.2) is 40.9 Å². The summed E-state index contributed by atoms with van der Waals surface area (Å²) in [5.74, 6) is 0.0738. The van der Waals surface area contributed by atoms with Gasteiger partial charge in [0, 0.05) is 36.8 Å². The second-order valence-corrected chi connectivity index (χ2v) is 7.51. The zero-order valence-electron chi connectivity index (χ0n) is 15.7. The maximum atomic E-state index is 12.7. The molecule has 1 aliphatic heterocycles. The van der Waals surface area contributed by atoms with E-state index in [0.717, 1.165) is 44.7 Å². The standard InChI is InChI=1S/C21H27N3O3/c25-20(19-15-18(23-27-19)17-7-3-1-4-8-17)22-16-21(9-5-2-6-10-21)24-11-13-26-14-12-24/h1,3-4,7-8,15H,2,5-6,9-14,16H2,(H,22,25). The molecule has 2 heterocycles. The second-order valence-electron chi connectivity index (χ2n) is 7.51. The molecule has 6 nitrogen and oxygen atoms in total. The minimum Gasteiger partial charge on any atom is -0.379 e. The van der Waals surface area contributed by atoms with Gasteiger partial charge < -0.3 is 14.6 Å². The Morgan fingerprint density at radius 3 is 2.59 bits per heavy atom. The van der Waals surface area contributed by atoms with Gasteiger partial charge in [-0.15, -0.1) is 0 Å². The van der Waals surface area contributed by atoms with E-state index in [-0.39, 0.29) is 17.2 Å². The topological polar surface area (TPSA) is 67.6 Å². The molecule has 0 radical (unpaired) electrons. The first-order valence-electron chi connectivity index (χ1n) is 9.90. The molecule has 1 amide bonds. The van der Waals surface area contributed by atoms with Crippen LogP contribution in [0.3, 0.4) is 0 Å². The van der Waals surface area contributed by atoms with E-state index in [9.17, 15) is 4.79 Å². The van der Waals surface area contributed by atoms with Gasteiger partial charge in [0.25, 0.3) is 5.91 Å². The van der Waals surface area contributed by atoms with E-state index in [2.05, 4.69) is 15.4 Å². The van der Waals surface area contributed by atoms with E-state index >= 15 is 0 Å². The highest BCUT2D eigenvalue weighted by molar-refractivity contribution is 5.92. The van der Waals surface area contributed by atoms with Gasteiger partial charge in [-0.05, 0) is 12.8 Å². The summed E-state index contributed by atoms with van der Waals surface area (Å²) in [6.07, 6.45) is 5.96. The van der Waals surface area contributed by atoms with Crippen LogP contribution in [0.4, 0.5) is 0 Å². The van der Waals surface area contributed by atoms with Crippen molar-refractivity contribution in [2.45, 2.75) is 37.6 Å². The fourth-order valence-corrected chi connectivity index (χ4v) is 4.31. The fourth-order valence-electron chi connectivity index (χ4n) is 4.31. The number of morpholine rings is 1. The summed E-state index contributed by atoms with van der Waals surface area (Å²) < 4.78 is 10.8. The summed E-state index contributed by atoms with van der Waals surface area (Å²) in [6, 6.07) is 11.5. The minimum atomic E-state index is -0.192. The van der Waals surface area contributed by atoms with Crippen LogP contribution in [-0.4, -0.2) is 54.4 Å². The molecule has 144 valence electrons. The first-order valence-corrected chi connectivity index (χ1v) is 9.90. The Morgan fingerprint density at radius 1 is 1.11 bits per heavy atom. The predicted molar refractivity (Wildman–Crippen MR) is 102 cm³/mol. The minimum absolute atomic E-state index is 0.0416. The van der Waals surface area contributed by atoms with Crippen LogP contribution in [0.5, 0.6) is 0 Å². The molecule has 0 atom stereocenters. The Balaban J connectivity index is 1.43. The Hall–Kier alpha value is -2.18. The Kier molecular flexibility index (Phi) is 5.55. The Labute approximate surface area is 159 Å². The highest BCUT2D eigenvalue weighted by Crippen LogP contribution is 2.34. The highest BCUT2D eigenvalue weighted by Gasteiger charge is 2.39. The average molecular weight is 369 g/mol. The lowest BCUT2D eigenvalue weighted by molar-refractivity contribution is -0.0362. The van der Waals surface area contributed by atoms with Crippen molar-refractivity contribution < 1.29 is 14.1 Å². The van der Waals surface area contributed by atoms with Crippen molar-refractivity contribution in [3.63, 3.8) is 0 Å². The Morgan fingerprint density at radius 2 is 1.85 bits per heavy atom. The maximum Gasteiger partial charge on any atom is 0.289 e. The third-order valence-electron chi connectivity index (χ3n) is 5.85. The quantitative estimate of drug-likeness (QED) is 0.877. The van der Waals surface area contributed by atoms with Gasteiger partial charge in [0.2, 0.25) is 5.76 Å². The van der Waals surface area contributed by atoms with Crippen LogP contribution >= 0.6 is 0 Å². The molecule has 1 saturated heterocycles. The zero-order valence-corrected chi connectivity index (χ0v) is 15.7. The number of benzene rings is 1. The van der Waals surface area contributed by atoms with Gasteiger partial charge in [0.15, 0.2) is 0 Å². The number of aromatic nitrogens is 1. The molecule has 0 unspecified atom stereocenters. The highest BCUT2D eigenvalue weighted by atomic mass is 16.5. The predicted octanol–water partition coefficient (Wildman–Crippen LogP) is 3.11. The van der Waals surface area contributed by atoms with Crippen molar-refractivity contribution in [1.82, 2.24) is 15.4 Å². The number of nitrogens with one attached hydrogen (secondary N) is 1. The molecule has 2 aromatic rings. The first kappa shape index (κ1) is 18.2. The van der Waals surface area contributed by atoms with E-state index in [4.69, 9.17) is 9.26 Å². The largest absolute Gasteiger partial charge is 0.379 e. The van der Waals surface area contributed by atoms with Crippen LogP contribution in [-0.2, 0) is 4.74 Å². The van der Waals surface area contributed by atoms with Gasteiger partial charge in [0.1, 0.15) is 5.69 Å². The lowest BCUT2D eigenvalue weighted by Gasteiger charge is -2.48. The van der Waals surface area contributed by atoms with Crippen molar-refractivity contribution in [2.75, 3.05) is 32.8 Å². The SMILES string of the molecule is O=C(NCC1(N2CCOCC2)CCCCC1)c1cc(-c2ccccc2)no1. The number of nitrogens with zero attached hydrogens (tertiary/aromatic N) is 2. The monoisotopic (exact) mass is 369 g/mol. The molecule has 2 aliphatic rings. The number of carbonyl (C=O) groups excluding carboxylic acids is 1. The molecule has 1 aromatic heterocycles. The van der Waals surface area contributed by atoms with Crippen molar-refractivity contribution in [3.8, 4) is 11.3 Å². The normalized spacial score (nSPS) is 20.3. The van der Waals surface area contributed by atoms with Crippen LogP contribution in [0.1, 0.15) is 42.7 Å². The van der Waals surface area contributed by atoms with Crippen molar-refractivity contribution in [1.29, 1.82) is 0 Å². The molecule has 0 bridgehead atoms. The number of ether oxygens (including phenoxy) is 1. The third kappa shape index (κ3) is 4.06. The summed E-state index contributed by atoms with van der Waals surface area (Å²) in [5, 5.41) is 7.16. The molecule has 4 rings (SSSR count). The van der Waals surface area contributed by atoms with Gasteiger partial charge in [-0.1, -0.05) is 54.8 Å². The molecule has 1 aromatic carbocycles. The zero-order chi connectivity index (χ0) is 18.5. The van der Waals surface area contributed by atoms with Crippen LogP contribution in [0.2, 0.25) is 0 Å². The number of hydrogen-bond donors (Lipinski definition) is 1. The number of hydrogen-bond acceptors (Lipinski definition) is 5. The maximum absolute atomic E-state index is 12.7. The van der Waals surface area contributed by atoms with Crippen molar-refractivity contribution in [2.24, 2.45) is 0 Å². The summed E-state index contributed by atoms with van der Waals surface area (Å²) >= 11 is 0. The lowest BCUT2D eigenvalue weighted by Crippen LogP contribution is -2.59. The molecule has 27 heavy (non-hydrogen) atoms. The summed E-state index contributed by atoms with van der Waals surface area (Å²) in [4.78, 5) is 15.2. The van der Waals surface area contributed by atoms with Gasteiger partial charge in [-0.3, -0.25) is 9.69 Å². The summed E-state index contributed by atoms with van der Waals surface area (Å²) in [7, 11) is 0. The number of rotatable bonds is 5. The number of carbonyl (C=O) groups is 1. The smallest absolute Gasteiger partial charge is 0.289 e. The number of amides is 1. The molecule has 2 fully saturated rings. The van der Waals surface area contributed by atoms with E-state index < -0.39 is 0 Å². The summed E-state index contributed by atoms with van der Waals surface area (Å²) in [6.45, 7) is 4.08. The fraction of sp³-hybridized carbons (Fsp3) is 0.524. The van der Waals surface area contributed by atoms with Crippen LogP contribution in [0.25, 0.3) is 11.3 Å². The lowest BCUT2D eigenvalue weighted by atomic mass is 9.79. The molecule has 1 aliphatic carbocycles. The van der Waals surface area contributed by atoms with Gasteiger partial charge in [-0.25, -0.2) is 0 Å². The van der Waals surface area contributed by atoms with Crippen LogP contribution in [0, 0.1) is 0 Å². The molecular weight excluding hydrogens is 342 g/mol. The molecule has 1 saturated carbocycles. The summed E-state index contributed by atoms with van der Waals surface area (Å²) in [5.41, 5.74) is 1.67. The molecule has 6 heteroatoms. The van der Waals surface area contributed by atoms with E-state index in [1.54, 1.807) is 6.07 Å². The average Bonchev–Trinajstić information content (AvgIpc) is 3.24. The van der Waals surface area contributed by atoms with Gasteiger partial charge in [-0.2, -0.15) is 0 Å². The van der Waals surface area contributed by atoms with Crippen LogP contribution < -0.4 is 5.32 Å². The first-order chi connectivity index (χ1) is 13.3. The van der Waals surface area contributed by atoms with Gasteiger partial charge in [0.05, 0.1) is 13.2 Å². The second kappa shape index (κ2) is 8.23. The molecular formula is C21H27N3O3. The third-order valence-corrected chi connectivity index (χ3v) is 5.85. The molecule has 1 N–H and O–H groups in total. The van der Waals surface area contributed by atoms with Crippen molar-refractivity contribution in [3.05, 3.63) is 42.2 Å². The van der Waals surface area contributed by atoms with E-state index in [0.29, 0.717) is 12.2 Å². The van der Waals surface area contributed by atoms with E-state index in [1.807, 2.05) is 30.3 Å². The Bertz CT molecular complexity index is 747. The molecule has 0 spiro atoms. The van der Waals surface area contributed by atoms with Gasteiger partial charge >= 0.3 is 0 Å².